The smallest absolute Gasteiger partial charge is 0.229 e. The molecule has 0 aliphatic heterocycles. The molecule has 0 saturated heterocycles. The first-order valence-electron chi connectivity index (χ1n) is 12.5. The van der Waals surface area contributed by atoms with Gasteiger partial charge in [-0.2, -0.15) is 5.26 Å². The lowest BCUT2D eigenvalue weighted by molar-refractivity contribution is -0.134. The van der Waals surface area contributed by atoms with Crippen LogP contribution in [0.4, 0.5) is 5.82 Å². The fraction of sp³-hybridized carbons (Fsp3) is 0.769. The number of aromatic nitrogens is 2. The second-order valence-corrected chi connectivity index (χ2v) is 11.7. The Labute approximate surface area is 191 Å². The van der Waals surface area contributed by atoms with Gasteiger partial charge in [0, 0.05) is 5.92 Å². The Morgan fingerprint density at radius 3 is 2.66 bits per heavy atom. The number of aliphatic hydroxyl groups is 1. The van der Waals surface area contributed by atoms with Crippen LogP contribution in [0.3, 0.4) is 0 Å². The maximum absolute atomic E-state index is 13.3. The minimum atomic E-state index is -0.512. The van der Waals surface area contributed by atoms with Crippen LogP contribution in [0.25, 0.3) is 0 Å². The molecular weight excluding hydrogens is 400 g/mol. The van der Waals surface area contributed by atoms with Crippen LogP contribution in [0.1, 0.15) is 77.8 Å². The number of rotatable bonds is 2. The van der Waals surface area contributed by atoms with E-state index in [9.17, 15) is 9.90 Å². The molecule has 172 valence electrons. The number of nitrogens with one attached hydrogen (secondary N) is 1. The van der Waals surface area contributed by atoms with Crippen LogP contribution >= 0.6 is 0 Å². The van der Waals surface area contributed by atoms with E-state index in [1.165, 1.54) is 31.7 Å². The van der Waals surface area contributed by atoms with E-state index >= 15 is 0 Å². The molecule has 0 aromatic carbocycles. The van der Waals surface area contributed by atoms with Gasteiger partial charge in [0.1, 0.15) is 6.07 Å². The number of hydrogen-bond donors (Lipinski definition) is 2. The number of nitrogens with zero attached hydrogens (tertiary/aromatic N) is 3. The van der Waals surface area contributed by atoms with E-state index in [2.05, 4.69) is 29.1 Å². The number of fused-ring (bicyclic) bond motifs is 5. The summed E-state index contributed by atoms with van der Waals surface area (Å²) in [5.41, 5.74) is -0.213. The average Bonchev–Trinajstić information content (AvgIpc) is 3.12. The Hall–Kier alpha value is -2.00. The fourth-order valence-electron chi connectivity index (χ4n) is 8.34. The molecule has 0 spiro atoms. The van der Waals surface area contributed by atoms with Gasteiger partial charge in [-0.05, 0) is 99.2 Å². The Morgan fingerprint density at radius 1 is 1.12 bits per heavy atom. The molecule has 6 heteroatoms. The van der Waals surface area contributed by atoms with Crippen molar-refractivity contribution in [1.82, 2.24) is 9.97 Å². The summed E-state index contributed by atoms with van der Waals surface area (Å²) < 4.78 is 0. The van der Waals surface area contributed by atoms with Gasteiger partial charge in [0.15, 0.2) is 11.5 Å². The molecular formula is C26H36N4O2. The topological polar surface area (TPSA) is 98.9 Å². The molecule has 4 aliphatic carbocycles. The average molecular weight is 437 g/mol. The van der Waals surface area contributed by atoms with Crippen molar-refractivity contribution in [2.24, 2.45) is 46.8 Å². The molecule has 6 nitrogen and oxygen atoms in total. The Morgan fingerprint density at radius 2 is 1.94 bits per heavy atom. The van der Waals surface area contributed by atoms with Crippen LogP contribution in [0.15, 0.2) is 12.4 Å². The van der Waals surface area contributed by atoms with Crippen LogP contribution in [-0.2, 0) is 4.79 Å². The number of hydrogen-bond acceptors (Lipinski definition) is 5. The Kier molecular flexibility index (Phi) is 5.32. The molecule has 0 bridgehead atoms. The van der Waals surface area contributed by atoms with Crippen LogP contribution < -0.4 is 5.32 Å². The zero-order valence-electron chi connectivity index (χ0n) is 19.6. The second-order valence-electron chi connectivity index (χ2n) is 11.7. The van der Waals surface area contributed by atoms with E-state index in [-0.39, 0.29) is 22.9 Å². The van der Waals surface area contributed by atoms with Crippen molar-refractivity contribution >= 4 is 11.7 Å². The highest BCUT2D eigenvalue weighted by Crippen LogP contribution is 2.65. The monoisotopic (exact) mass is 436 g/mol. The van der Waals surface area contributed by atoms with Crippen molar-refractivity contribution in [3.05, 3.63) is 18.1 Å². The largest absolute Gasteiger partial charge is 0.390 e. The third-order valence-corrected chi connectivity index (χ3v) is 10.2. The number of anilines is 1. The first kappa shape index (κ1) is 21.8. The van der Waals surface area contributed by atoms with Gasteiger partial charge in [-0.15, -0.1) is 0 Å². The Bertz CT molecular complexity index is 923. The highest BCUT2D eigenvalue weighted by Gasteiger charge is 2.59. The normalized spacial score (nSPS) is 45.2. The number of amides is 1. The van der Waals surface area contributed by atoms with Crippen LogP contribution in [0.2, 0.25) is 0 Å². The van der Waals surface area contributed by atoms with Crippen LogP contribution in [0, 0.1) is 58.2 Å². The van der Waals surface area contributed by atoms with Gasteiger partial charge < -0.3 is 10.4 Å². The van der Waals surface area contributed by atoms with Crippen LogP contribution in [-0.4, -0.2) is 26.6 Å². The van der Waals surface area contributed by atoms with Gasteiger partial charge in [0.2, 0.25) is 5.91 Å². The highest BCUT2D eigenvalue weighted by atomic mass is 16.3. The van der Waals surface area contributed by atoms with E-state index in [4.69, 9.17) is 5.26 Å². The van der Waals surface area contributed by atoms with Crippen molar-refractivity contribution in [3.8, 4) is 6.07 Å². The summed E-state index contributed by atoms with van der Waals surface area (Å²) in [6.45, 7) is 6.63. The molecule has 1 aromatic rings. The van der Waals surface area contributed by atoms with E-state index < -0.39 is 5.60 Å². The predicted molar refractivity (Wildman–Crippen MR) is 121 cm³/mol. The first-order valence-corrected chi connectivity index (χ1v) is 12.5. The van der Waals surface area contributed by atoms with Crippen molar-refractivity contribution in [2.75, 3.05) is 5.32 Å². The van der Waals surface area contributed by atoms with Gasteiger partial charge in [-0.25, -0.2) is 9.97 Å². The summed E-state index contributed by atoms with van der Waals surface area (Å²) in [5.74, 6) is 4.37. The van der Waals surface area contributed by atoms with Crippen molar-refractivity contribution in [1.29, 1.82) is 5.26 Å². The summed E-state index contributed by atoms with van der Waals surface area (Å²) in [7, 11) is 0. The zero-order valence-corrected chi connectivity index (χ0v) is 19.6. The molecule has 1 aromatic heterocycles. The molecule has 1 heterocycles. The first-order chi connectivity index (χ1) is 15.2. The van der Waals surface area contributed by atoms with E-state index in [1.54, 1.807) is 0 Å². The predicted octanol–water partition coefficient (Wildman–Crippen LogP) is 4.55. The molecule has 32 heavy (non-hydrogen) atoms. The summed E-state index contributed by atoms with van der Waals surface area (Å²) >= 11 is 0. The maximum Gasteiger partial charge on any atom is 0.229 e. The minimum absolute atomic E-state index is 0.00892. The van der Waals surface area contributed by atoms with E-state index in [0.717, 1.165) is 49.9 Å². The van der Waals surface area contributed by atoms with Crippen molar-refractivity contribution in [2.45, 2.75) is 77.7 Å². The molecule has 2 N–H and O–H groups in total. The second kappa shape index (κ2) is 7.80. The van der Waals surface area contributed by atoms with Crippen molar-refractivity contribution < 1.29 is 9.90 Å². The lowest BCUT2D eigenvalue weighted by Gasteiger charge is -2.58. The van der Waals surface area contributed by atoms with Crippen LogP contribution in [0.5, 0.6) is 0 Å². The standard InChI is InChI=1S/C26H36N4O2/c1-15-10-20-16(11-26(15,3)32)4-5-19-18(20)8-9-25(2)21(19)6-7-22(25)24(31)30-23-14-28-17(12-27)13-29-23/h13-16,18-22,32H,4-11H2,1-3H3,(H,29,30,31)/t15-,16+,18-,19+,20-,21-,22+,25-,26-/m0/s1. The minimum Gasteiger partial charge on any atom is -0.390 e. The molecule has 4 fully saturated rings. The number of carbonyl (C=O) groups is 1. The summed E-state index contributed by atoms with van der Waals surface area (Å²) in [4.78, 5) is 21.5. The molecule has 4 saturated carbocycles. The maximum atomic E-state index is 13.3. The summed E-state index contributed by atoms with van der Waals surface area (Å²) in [6, 6.07) is 1.96. The third-order valence-electron chi connectivity index (χ3n) is 10.2. The quantitative estimate of drug-likeness (QED) is 0.708. The molecule has 4 aliphatic rings. The molecule has 0 radical (unpaired) electrons. The van der Waals surface area contributed by atoms with Gasteiger partial charge in [0.25, 0.3) is 0 Å². The van der Waals surface area contributed by atoms with E-state index in [1.807, 2.05) is 13.0 Å². The zero-order chi connectivity index (χ0) is 22.7. The molecule has 9 atom stereocenters. The van der Waals surface area contributed by atoms with Gasteiger partial charge in [-0.1, -0.05) is 13.8 Å². The molecule has 1 amide bonds. The SMILES string of the molecule is C[C@H]1C[C@H]2[C@H](CC[C@@H]3[C@@H]2CC[C@]2(C)[C@@H](C(=O)Nc4cnc(C#N)cn4)CC[C@@H]32)C[C@]1(C)O. The fourth-order valence-corrected chi connectivity index (χ4v) is 8.34. The molecule has 5 rings (SSSR count). The summed E-state index contributed by atoms with van der Waals surface area (Å²) in [6.07, 6.45) is 11.9. The van der Waals surface area contributed by atoms with Gasteiger partial charge in [0.05, 0.1) is 18.0 Å². The highest BCUT2D eigenvalue weighted by molar-refractivity contribution is 5.92. The molecule has 0 unspecified atom stereocenters. The van der Waals surface area contributed by atoms with Crippen molar-refractivity contribution in [3.63, 3.8) is 0 Å². The van der Waals surface area contributed by atoms with Gasteiger partial charge >= 0.3 is 0 Å². The summed E-state index contributed by atoms with van der Waals surface area (Å²) in [5, 5.41) is 22.7. The van der Waals surface area contributed by atoms with E-state index in [0.29, 0.717) is 23.6 Å². The lowest BCUT2D eigenvalue weighted by atomic mass is 9.48. The lowest BCUT2D eigenvalue weighted by Crippen LogP contribution is -2.53. The van der Waals surface area contributed by atoms with Gasteiger partial charge in [-0.3, -0.25) is 4.79 Å². The number of carbonyl (C=O) groups excluding carboxylic acids is 1. The number of nitriles is 1. The third kappa shape index (κ3) is 3.44. The Balaban J connectivity index is 1.30.